The fourth-order valence-corrected chi connectivity index (χ4v) is 1.01. The van der Waals surface area contributed by atoms with Gasteiger partial charge in [0.2, 0.25) is 0 Å². The van der Waals surface area contributed by atoms with E-state index in [1.54, 1.807) is 0 Å². The number of carbonyl (C=O) groups is 2. The van der Waals surface area contributed by atoms with Gasteiger partial charge in [0.1, 0.15) is 0 Å². The van der Waals surface area contributed by atoms with Crippen LogP contribution >= 0.6 is 0 Å². The van der Waals surface area contributed by atoms with Crippen LogP contribution in [0.5, 0.6) is 0 Å². The number of aromatic carboxylic acids is 1. The van der Waals surface area contributed by atoms with Crippen molar-refractivity contribution in [1.29, 1.82) is 0 Å². The second-order valence-corrected chi connectivity index (χ2v) is 2.92. The van der Waals surface area contributed by atoms with E-state index >= 15 is 0 Å². The summed E-state index contributed by atoms with van der Waals surface area (Å²) in [6.07, 6.45) is 0. The zero-order chi connectivity index (χ0) is 12.1. The number of benzene rings is 1. The lowest BCUT2D eigenvalue weighted by Gasteiger charge is -2.02. The maximum Gasteiger partial charge on any atom is 0.335 e. The highest BCUT2D eigenvalue weighted by Gasteiger charge is 2.09. The number of anilines is 1. The van der Waals surface area contributed by atoms with Gasteiger partial charge in [0.25, 0.3) is 12.5 Å². The fourth-order valence-electron chi connectivity index (χ4n) is 1.01. The Morgan fingerprint density at radius 1 is 1.31 bits per heavy atom. The Labute approximate surface area is 89.8 Å². The number of hydrogen-bond donors (Lipinski definition) is 2. The molecular weight excluding hydrogens is 216 g/mol. The fraction of sp³-hybridized carbons (Fsp3) is 0.111. The van der Waals surface area contributed by atoms with E-state index in [2.05, 4.69) is 5.32 Å². The molecule has 0 aromatic heterocycles. The molecule has 7 heteroatoms. The Kier molecular flexibility index (Phi) is 3.54. The van der Waals surface area contributed by atoms with Crippen LogP contribution < -0.4 is 5.32 Å². The molecule has 84 valence electrons. The van der Waals surface area contributed by atoms with Crippen molar-refractivity contribution in [1.82, 2.24) is 0 Å². The van der Waals surface area contributed by atoms with Crippen LogP contribution in [0.4, 0.5) is 5.69 Å². The van der Waals surface area contributed by atoms with Gasteiger partial charge in [-0.05, 0) is 24.3 Å². The smallest absolute Gasteiger partial charge is 0.335 e. The molecule has 1 aromatic carbocycles. The Hall–Kier alpha value is -2.44. The van der Waals surface area contributed by atoms with Gasteiger partial charge in [-0.3, -0.25) is 14.9 Å². The van der Waals surface area contributed by atoms with Crippen LogP contribution in [0.3, 0.4) is 0 Å². The SMILES string of the molecule is O=C(C[N+](=O)[O-])Nc1ccc(C(=O)O)cc1. The summed E-state index contributed by atoms with van der Waals surface area (Å²) in [4.78, 5) is 30.7. The molecule has 0 bridgehead atoms. The molecule has 0 aliphatic heterocycles. The largest absolute Gasteiger partial charge is 0.478 e. The first-order valence-corrected chi connectivity index (χ1v) is 4.24. The average molecular weight is 224 g/mol. The van der Waals surface area contributed by atoms with E-state index in [4.69, 9.17) is 5.11 Å². The monoisotopic (exact) mass is 224 g/mol. The van der Waals surface area contributed by atoms with Crippen LogP contribution in [0.1, 0.15) is 10.4 Å². The maximum absolute atomic E-state index is 11.0. The minimum atomic E-state index is -1.08. The summed E-state index contributed by atoms with van der Waals surface area (Å²) in [6.45, 7) is -0.819. The van der Waals surface area contributed by atoms with Crippen LogP contribution in [0.15, 0.2) is 24.3 Å². The highest BCUT2D eigenvalue weighted by Crippen LogP contribution is 2.09. The summed E-state index contributed by atoms with van der Waals surface area (Å²) in [5, 5.41) is 20.9. The first-order valence-electron chi connectivity index (χ1n) is 4.24. The number of carbonyl (C=O) groups excluding carboxylic acids is 1. The quantitative estimate of drug-likeness (QED) is 0.574. The molecule has 0 atom stereocenters. The first kappa shape index (κ1) is 11.6. The van der Waals surface area contributed by atoms with Gasteiger partial charge in [0.05, 0.1) is 5.56 Å². The third-order valence-electron chi connectivity index (χ3n) is 1.69. The molecule has 16 heavy (non-hydrogen) atoms. The van der Waals surface area contributed by atoms with Crippen LogP contribution in [0.2, 0.25) is 0 Å². The van der Waals surface area contributed by atoms with Gasteiger partial charge >= 0.3 is 5.97 Å². The predicted octanol–water partition coefficient (Wildman–Crippen LogP) is 0.600. The molecule has 1 amide bonds. The van der Waals surface area contributed by atoms with E-state index < -0.39 is 23.3 Å². The molecule has 0 aliphatic carbocycles. The number of nitro groups is 1. The second-order valence-electron chi connectivity index (χ2n) is 2.92. The molecule has 1 rings (SSSR count). The molecule has 0 spiro atoms. The van der Waals surface area contributed by atoms with E-state index in [0.717, 1.165) is 0 Å². The van der Waals surface area contributed by atoms with Gasteiger partial charge in [-0.1, -0.05) is 0 Å². The maximum atomic E-state index is 11.0. The Morgan fingerprint density at radius 3 is 2.31 bits per heavy atom. The molecule has 0 heterocycles. The van der Waals surface area contributed by atoms with Crippen molar-refractivity contribution in [3.8, 4) is 0 Å². The molecule has 7 nitrogen and oxygen atoms in total. The lowest BCUT2D eigenvalue weighted by Crippen LogP contribution is -2.21. The van der Waals surface area contributed by atoms with Crippen molar-refractivity contribution in [2.75, 3.05) is 11.9 Å². The summed E-state index contributed by atoms with van der Waals surface area (Å²) in [5.41, 5.74) is 0.393. The van der Waals surface area contributed by atoms with Crippen molar-refractivity contribution >= 4 is 17.6 Å². The number of carboxylic acids is 1. The van der Waals surface area contributed by atoms with Crippen LogP contribution in [0, 0.1) is 10.1 Å². The van der Waals surface area contributed by atoms with Gasteiger partial charge in [0, 0.05) is 10.6 Å². The minimum absolute atomic E-state index is 0.0762. The summed E-state index contributed by atoms with van der Waals surface area (Å²) in [5.74, 6) is -1.84. The third-order valence-corrected chi connectivity index (χ3v) is 1.69. The zero-order valence-corrected chi connectivity index (χ0v) is 8.04. The van der Waals surface area contributed by atoms with Crippen molar-refractivity contribution in [3.05, 3.63) is 39.9 Å². The first-order chi connectivity index (χ1) is 7.49. The average Bonchev–Trinajstić information content (AvgIpc) is 2.16. The van der Waals surface area contributed by atoms with Gasteiger partial charge in [-0.2, -0.15) is 0 Å². The summed E-state index contributed by atoms with van der Waals surface area (Å²) >= 11 is 0. The summed E-state index contributed by atoms with van der Waals surface area (Å²) in [6, 6.07) is 5.32. The van der Waals surface area contributed by atoms with E-state index in [1.807, 2.05) is 0 Å². The number of carboxylic acid groups (broad SMARTS) is 1. The van der Waals surface area contributed by atoms with E-state index in [9.17, 15) is 19.7 Å². The van der Waals surface area contributed by atoms with Crippen molar-refractivity contribution in [2.45, 2.75) is 0 Å². The predicted molar refractivity (Wildman–Crippen MR) is 53.9 cm³/mol. The van der Waals surface area contributed by atoms with Crippen molar-refractivity contribution in [2.24, 2.45) is 0 Å². The zero-order valence-electron chi connectivity index (χ0n) is 8.04. The molecule has 0 fully saturated rings. The summed E-state index contributed by atoms with van der Waals surface area (Å²) in [7, 11) is 0. The number of hydrogen-bond acceptors (Lipinski definition) is 4. The van der Waals surface area contributed by atoms with Crippen molar-refractivity contribution in [3.63, 3.8) is 0 Å². The molecule has 0 radical (unpaired) electrons. The molecule has 0 saturated heterocycles. The van der Waals surface area contributed by atoms with Crippen LogP contribution in [-0.4, -0.2) is 28.5 Å². The third kappa shape index (κ3) is 3.37. The minimum Gasteiger partial charge on any atom is -0.478 e. The van der Waals surface area contributed by atoms with E-state index in [0.29, 0.717) is 5.69 Å². The standard InChI is InChI=1S/C9H8N2O5/c12-8(5-11(15)16)10-7-3-1-6(2-4-7)9(13)14/h1-4H,5H2,(H,10,12)(H,13,14). The summed E-state index contributed by atoms with van der Waals surface area (Å²) < 4.78 is 0. The molecule has 1 aromatic rings. The normalized spacial score (nSPS) is 9.50. The lowest BCUT2D eigenvalue weighted by atomic mass is 10.2. The number of nitrogens with one attached hydrogen (secondary N) is 1. The molecule has 0 saturated carbocycles. The Balaban J connectivity index is 2.65. The number of amides is 1. The molecule has 0 aliphatic rings. The van der Waals surface area contributed by atoms with Gasteiger partial charge in [-0.15, -0.1) is 0 Å². The lowest BCUT2D eigenvalue weighted by molar-refractivity contribution is -0.467. The molecule has 0 unspecified atom stereocenters. The number of rotatable bonds is 4. The molecular formula is C9H8N2O5. The van der Waals surface area contributed by atoms with Crippen LogP contribution in [-0.2, 0) is 4.79 Å². The van der Waals surface area contributed by atoms with Crippen molar-refractivity contribution < 1.29 is 19.6 Å². The van der Waals surface area contributed by atoms with Gasteiger partial charge in [-0.25, -0.2) is 4.79 Å². The highest BCUT2D eigenvalue weighted by atomic mass is 16.6. The Morgan fingerprint density at radius 2 is 1.88 bits per heavy atom. The van der Waals surface area contributed by atoms with E-state index in [1.165, 1.54) is 24.3 Å². The highest BCUT2D eigenvalue weighted by molar-refractivity contribution is 5.92. The topological polar surface area (TPSA) is 110 Å². The van der Waals surface area contributed by atoms with E-state index in [-0.39, 0.29) is 5.56 Å². The van der Waals surface area contributed by atoms with Gasteiger partial charge < -0.3 is 10.4 Å². The Bertz CT molecular complexity index is 426. The second kappa shape index (κ2) is 4.87. The molecule has 2 N–H and O–H groups in total. The van der Waals surface area contributed by atoms with Gasteiger partial charge in [0.15, 0.2) is 0 Å². The van der Waals surface area contributed by atoms with Crippen LogP contribution in [0.25, 0.3) is 0 Å². The number of nitrogens with zero attached hydrogens (tertiary/aromatic N) is 1.